The van der Waals surface area contributed by atoms with Crippen molar-refractivity contribution >= 4 is 23.4 Å². The molecule has 0 aliphatic heterocycles. The Labute approximate surface area is 165 Å². The van der Waals surface area contributed by atoms with E-state index in [-0.39, 0.29) is 23.7 Å². The van der Waals surface area contributed by atoms with Crippen LogP contribution < -0.4 is 10.6 Å². The van der Waals surface area contributed by atoms with Crippen LogP contribution in [-0.2, 0) is 11.3 Å². The van der Waals surface area contributed by atoms with Gasteiger partial charge >= 0.3 is 0 Å². The van der Waals surface area contributed by atoms with Gasteiger partial charge in [0.05, 0.1) is 6.04 Å². The molecule has 2 aromatic carbocycles. The van der Waals surface area contributed by atoms with Crippen molar-refractivity contribution in [1.29, 1.82) is 0 Å². The van der Waals surface area contributed by atoms with Crippen LogP contribution in [0.5, 0.6) is 0 Å². The molecule has 4 nitrogen and oxygen atoms in total. The quantitative estimate of drug-likeness (QED) is 0.702. The van der Waals surface area contributed by atoms with Crippen LogP contribution in [0, 0.1) is 6.92 Å². The molecule has 1 unspecified atom stereocenters. The normalized spacial score (nSPS) is 14.5. The molecule has 1 fully saturated rings. The molecule has 0 bridgehead atoms. The maximum Gasteiger partial charge on any atom is 0.251 e. The monoisotopic (exact) mass is 384 g/mol. The molecule has 1 atom stereocenters. The lowest BCUT2D eigenvalue weighted by Crippen LogP contribution is -2.27. The smallest absolute Gasteiger partial charge is 0.251 e. The van der Waals surface area contributed by atoms with E-state index in [4.69, 9.17) is 11.6 Å². The molecular weight excluding hydrogens is 360 g/mol. The van der Waals surface area contributed by atoms with E-state index in [9.17, 15) is 9.59 Å². The summed E-state index contributed by atoms with van der Waals surface area (Å²) in [5, 5.41) is 5.85. The number of benzene rings is 2. The Morgan fingerprint density at radius 2 is 1.85 bits per heavy atom. The van der Waals surface area contributed by atoms with Crippen molar-refractivity contribution in [2.45, 2.75) is 45.2 Å². The molecule has 2 N–H and O–H groups in total. The number of hydrogen-bond donors (Lipinski definition) is 2. The number of amides is 2. The molecule has 1 aliphatic rings. The van der Waals surface area contributed by atoms with Crippen LogP contribution in [0.1, 0.15) is 64.3 Å². The van der Waals surface area contributed by atoms with Crippen LogP contribution in [-0.4, -0.2) is 17.7 Å². The van der Waals surface area contributed by atoms with Crippen LogP contribution >= 0.6 is 11.6 Å². The van der Waals surface area contributed by atoms with Gasteiger partial charge in [-0.25, -0.2) is 0 Å². The number of nitrogens with one attached hydrogen (secondary N) is 2. The van der Waals surface area contributed by atoms with E-state index in [0.29, 0.717) is 12.5 Å². The van der Waals surface area contributed by atoms with Crippen molar-refractivity contribution in [3.05, 3.63) is 70.3 Å². The van der Waals surface area contributed by atoms with Crippen LogP contribution in [0.4, 0.5) is 0 Å². The molecule has 3 rings (SSSR count). The van der Waals surface area contributed by atoms with Gasteiger partial charge in [-0.05, 0) is 55.4 Å². The van der Waals surface area contributed by atoms with Gasteiger partial charge in [0, 0.05) is 12.1 Å². The number of alkyl halides is 1. The van der Waals surface area contributed by atoms with Crippen molar-refractivity contribution in [3.63, 3.8) is 0 Å². The number of halogens is 1. The molecule has 2 amide bonds. The molecule has 0 radical (unpaired) electrons. The summed E-state index contributed by atoms with van der Waals surface area (Å²) in [6.45, 7) is 4.40. The third kappa shape index (κ3) is 5.10. The van der Waals surface area contributed by atoms with Crippen LogP contribution in [0.15, 0.2) is 42.5 Å². The number of hydrogen-bond acceptors (Lipinski definition) is 2. The van der Waals surface area contributed by atoms with Crippen LogP contribution in [0.25, 0.3) is 0 Å². The molecule has 0 spiro atoms. The Kier molecular flexibility index (Phi) is 6.17. The Hall–Kier alpha value is -2.33. The second-order valence-corrected chi connectivity index (χ2v) is 7.48. The summed E-state index contributed by atoms with van der Waals surface area (Å²) in [5.41, 5.74) is 5.08. The molecule has 0 heterocycles. The van der Waals surface area contributed by atoms with Crippen molar-refractivity contribution in [2.75, 3.05) is 5.88 Å². The van der Waals surface area contributed by atoms with Gasteiger partial charge in [0.2, 0.25) is 5.91 Å². The lowest BCUT2D eigenvalue weighted by Gasteiger charge is -2.14. The minimum absolute atomic E-state index is 0.0209. The maximum absolute atomic E-state index is 12.7. The fraction of sp³-hybridized carbons (Fsp3) is 0.364. The van der Waals surface area contributed by atoms with Crippen molar-refractivity contribution in [3.8, 4) is 0 Å². The van der Waals surface area contributed by atoms with Gasteiger partial charge in [0.15, 0.2) is 0 Å². The summed E-state index contributed by atoms with van der Waals surface area (Å²) in [5.74, 6) is 0.281. The second kappa shape index (κ2) is 8.57. The lowest BCUT2D eigenvalue weighted by molar-refractivity contribution is -0.119. The van der Waals surface area contributed by atoms with E-state index < -0.39 is 0 Å². The first kappa shape index (κ1) is 19.4. The number of carbonyl (C=O) groups is 2. The van der Waals surface area contributed by atoms with E-state index in [2.05, 4.69) is 22.8 Å². The molecule has 27 heavy (non-hydrogen) atoms. The third-order valence-corrected chi connectivity index (χ3v) is 5.14. The first-order valence-corrected chi connectivity index (χ1v) is 9.84. The van der Waals surface area contributed by atoms with Gasteiger partial charge in [-0.3, -0.25) is 9.59 Å². The summed E-state index contributed by atoms with van der Waals surface area (Å²) in [6, 6.07) is 13.9. The average Bonchev–Trinajstić information content (AvgIpc) is 3.51. The highest BCUT2D eigenvalue weighted by Gasteiger charge is 2.27. The number of carbonyl (C=O) groups excluding carboxylic acids is 2. The van der Waals surface area contributed by atoms with Crippen molar-refractivity contribution < 1.29 is 9.59 Å². The average molecular weight is 385 g/mol. The van der Waals surface area contributed by atoms with Gasteiger partial charge in [-0.1, -0.05) is 42.0 Å². The summed E-state index contributed by atoms with van der Waals surface area (Å²) < 4.78 is 0. The van der Waals surface area contributed by atoms with Crippen molar-refractivity contribution in [1.82, 2.24) is 10.6 Å². The molecule has 0 aromatic heterocycles. The zero-order chi connectivity index (χ0) is 19.4. The number of rotatable bonds is 7. The maximum atomic E-state index is 12.7. The van der Waals surface area contributed by atoms with Gasteiger partial charge in [-0.15, -0.1) is 11.6 Å². The Morgan fingerprint density at radius 3 is 2.48 bits per heavy atom. The minimum Gasteiger partial charge on any atom is -0.349 e. The lowest BCUT2D eigenvalue weighted by atomic mass is 10.00. The highest BCUT2D eigenvalue weighted by Crippen LogP contribution is 2.41. The van der Waals surface area contributed by atoms with E-state index in [0.717, 1.165) is 27.8 Å². The molecule has 1 saturated carbocycles. The van der Waals surface area contributed by atoms with Gasteiger partial charge in [0.1, 0.15) is 5.88 Å². The Morgan fingerprint density at radius 1 is 1.15 bits per heavy atom. The SMILES string of the molecule is Cc1ccc(C2CC2)c(C(=O)NCc2ccc(C(C)NC(=O)CCl)cc2)c1. The van der Waals surface area contributed by atoms with Gasteiger partial charge in [0.25, 0.3) is 5.91 Å². The predicted molar refractivity (Wildman–Crippen MR) is 108 cm³/mol. The molecular formula is C22H25ClN2O2. The largest absolute Gasteiger partial charge is 0.349 e. The topological polar surface area (TPSA) is 58.2 Å². The zero-order valence-electron chi connectivity index (χ0n) is 15.7. The standard InChI is InChI=1S/C22H25ClN2O2/c1-14-3-10-19(18-8-9-18)20(11-14)22(27)24-13-16-4-6-17(7-5-16)15(2)25-21(26)12-23/h3-7,10-11,15,18H,8-9,12-13H2,1-2H3,(H,24,27)(H,25,26). The minimum atomic E-state index is -0.190. The van der Waals surface area contributed by atoms with E-state index in [1.165, 1.54) is 12.8 Å². The predicted octanol–water partition coefficient (Wildman–Crippen LogP) is 4.22. The molecule has 142 valence electrons. The van der Waals surface area contributed by atoms with Gasteiger partial charge in [-0.2, -0.15) is 0 Å². The van der Waals surface area contributed by atoms with Crippen molar-refractivity contribution in [2.24, 2.45) is 0 Å². The van der Waals surface area contributed by atoms with E-state index >= 15 is 0 Å². The first-order valence-electron chi connectivity index (χ1n) is 9.31. The summed E-state index contributed by atoms with van der Waals surface area (Å²) in [6.07, 6.45) is 2.34. The van der Waals surface area contributed by atoms with Gasteiger partial charge < -0.3 is 10.6 Å². The van der Waals surface area contributed by atoms with Crippen LogP contribution in [0.3, 0.4) is 0 Å². The third-order valence-electron chi connectivity index (χ3n) is 4.90. The highest BCUT2D eigenvalue weighted by molar-refractivity contribution is 6.27. The molecule has 5 heteroatoms. The van der Waals surface area contributed by atoms with E-state index in [1.54, 1.807) is 0 Å². The number of aryl methyl sites for hydroxylation is 1. The molecule has 0 saturated heterocycles. The summed E-state index contributed by atoms with van der Waals surface area (Å²) in [4.78, 5) is 24.1. The first-order chi connectivity index (χ1) is 13.0. The Bertz CT molecular complexity index is 829. The Balaban J connectivity index is 1.61. The summed E-state index contributed by atoms with van der Waals surface area (Å²) >= 11 is 5.52. The highest BCUT2D eigenvalue weighted by atomic mass is 35.5. The fourth-order valence-corrected chi connectivity index (χ4v) is 3.26. The van der Waals surface area contributed by atoms with E-state index in [1.807, 2.05) is 44.2 Å². The van der Waals surface area contributed by atoms with Crippen LogP contribution in [0.2, 0.25) is 0 Å². The second-order valence-electron chi connectivity index (χ2n) is 7.21. The summed E-state index contributed by atoms with van der Waals surface area (Å²) in [7, 11) is 0. The fourth-order valence-electron chi connectivity index (χ4n) is 3.18. The zero-order valence-corrected chi connectivity index (χ0v) is 16.5. The molecule has 2 aromatic rings. The molecule has 1 aliphatic carbocycles.